The third-order valence-corrected chi connectivity index (χ3v) is 5.46. The summed E-state index contributed by atoms with van der Waals surface area (Å²) >= 11 is 0. The van der Waals surface area contributed by atoms with Crippen molar-refractivity contribution < 1.29 is 17.5 Å². The fourth-order valence-electron chi connectivity index (χ4n) is 2.85. The molecular weight excluding hydrogens is 421 g/mol. The van der Waals surface area contributed by atoms with Gasteiger partial charge in [0.15, 0.2) is 0 Å². The third kappa shape index (κ3) is 5.23. The number of hydrogen-bond acceptors (Lipinski definition) is 6. The van der Waals surface area contributed by atoms with Gasteiger partial charge in [-0.25, -0.2) is 22.8 Å². The Balaban J connectivity index is 1.46. The first-order valence-corrected chi connectivity index (χ1v) is 10.9. The van der Waals surface area contributed by atoms with E-state index in [9.17, 15) is 12.8 Å². The molecule has 0 saturated carbocycles. The minimum Gasteiger partial charge on any atom is -0.439 e. The maximum atomic E-state index is 13.7. The van der Waals surface area contributed by atoms with Crippen molar-refractivity contribution in [3.8, 4) is 17.4 Å². The van der Waals surface area contributed by atoms with Gasteiger partial charge in [-0.2, -0.15) is 4.98 Å². The predicted octanol–water partition coefficient (Wildman–Crippen LogP) is 3.84. The van der Waals surface area contributed by atoms with Crippen LogP contribution in [0.4, 0.5) is 10.1 Å². The molecule has 10 heteroatoms. The largest absolute Gasteiger partial charge is 0.439 e. The molecular formula is C21H18FN5O3S. The van der Waals surface area contributed by atoms with Crippen LogP contribution < -0.4 is 9.46 Å². The number of benzene rings is 2. The van der Waals surface area contributed by atoms with E-state index in [0.29, 0.717) is 29.0 Å². The third-order valence-electron chi connectivity index (χ3n) is 4.22. The summed E-state index contributed by atoms with van der Waals surface area (Å²) in [4.78, 5) is 12.6. The number of nitrogens with zero attached hydrogens (tertiary/aromatic N) is 4. The van der Waals surface area contributed by atoms with Gasteiger partial charge < -0.3 is 4.74 Å². The van der Waals surface area contributed by atoms with Crippen LogP contribution in [0.15, 0.2) is 73.3 Å². The van der Waals surface area contributed by atoms with Gasteiger partial charge in [-0.1, -0.05) is 18.2 Å². The van der Waals surface area contributed by atoms with E-state index in [1.807, 2.05) is 0 Å². The maximum absolute atomic E-state index is 13.7. The van der Waals surface area contributed by atoms with Crippen LogP contribution in [0.25, 0.3) is 5.82 Å². The zero-order valence-electron chi connectivity index (χ0n) is 16.4. The van der Waals surface area contributed by atoms with Crippen LogP contribution in [-0.2, 0) is 15.8 Å². The maximum Gasteiger partial charge on any atom is 0.237 e. The quantitative estimate of drug-likeness (QED) is 0.470. The highest BCUT2D eigenvalue weighted by Crippen LogP contribution is 2.24. The average molecular weight is 439 g/mol. The molecule has 0 aliphatic heterocycles. The van der Waals surface area contributed by atoms with Crippen molar-refractivity contribution in [2.75, 3.05) is 4.72 Å². The first-order valence-electron chi connectivity index (χ1n) is 9.24. The topological polar surface area (TPSA) is 99.0 Å². The molecule has 4 rings (SSSR count). The lowest BCUT2D eigenvalue weighted by atomic mass is 10.2. The number of anilines is 1. The van der Waals surface area contributed by atoms with E-state index >= 15 is 0 Å². The lowest BCUT2D eigenvalue weighted by molar-refractivity contribution is 0.459. The number of hydrogen-bond donors (Lipinski definition) is 1. The SMILES string of the molecule is Cc1nc(Oc2ccc(NS(=O)(=O)Cc3ccccc3F)cc2)cc(-n2ccnc2)n1. The Kier molecular flexibility index (Phi) is 5.63. The van der Waals surface area contributed by atoms with Gasteiger partial charge in [0.05, 0.1) is 5.75 Å². The van der Waals surface area contributed by atoms with Crippen molar-refractivity contribution in [1.82, 2.24) is 19.5 Å². The molecule has 0 unspecified atom stereocenters. The summed E-state index contributed by atoms with van der Waals surface area (Å²) in [7, 11) is -3.78. The van der Waals surface area contributed by atoms with Crippen molar-refractivity contribution in [3.63, 3.8) is 0 Å². The van der Waals surface area contributed by atoms with Crippen molar-refractivity contribution in [1.29, 1.82) is 0 Å². The molecule has 2 aromatic heterocycles. The van der Waals surface area contributed by atoms with E-state index in [-0.39, 0.29) is 5.56 Å². The number of halogens is 1. The van der Waals surface area contributed by atoms with Gasteiger partial charge in [-0.05, 0) is 37.3 Å². The average Bonchev–Trinajstić information content (AvgIpc) is 3.25. The summed E-state index contributed by atoms with van der Waals surface area (Å²) in [5, 5.41) is 0. The Hall–Kier alpha value is -3.79. The van der Waals surface area contributed by atoms with Gasteiger partial charge >= 0.3 is 0 Å². The van der Waals surface area contributed by atoms with Crippen molar-refractivity contribution in [2.45, 2.75) is 12.7 Å². The van der Waals surface area contributed by atoms with Crippen LogP contribution in [0.3, 0.4) is 0 Å². The van der Waals surface area contributed by atoms with Gasteiger partial charge in [0.1, 0.15) is 29.5 Å². The molecule has 0 saturated heterocycles. The van der Waals surface area contributed by atoms with E-state index in [0.717, 1.165) is 0 Å². The number of ether oxygens (including phenoxy) is 1. The highest BCUT2D eigenvalue weighted by atomic mass is 32.2. The highest BCUT2D eigenvalue weighted by molar-refractivity contribution is 7.91. The summed E-state index contributed by atoms with van der Waals surface area (Å²) in [6.45, 7) is 1.75. The lowest BCUT2D eigenvalue weighted by Gasteiger charge is -2.11. The highest BCUT2D eigenvalue weighted by Gasteiger charge is 2.15. The second-order valence-electron chi connectivity index (χ2n) is 6.66. The number of rotatable bonds is 7. The van der Waals surface area contributed by atoms with Gasteiger partial charge in [0.2, 0.25) is 15.9 Å². The van der Waals surface area contributed by atoms with E-state index in [2.05, 4.69) is 19.7 Å². The number of nitrogens with one attached hydrogen (secondary N) is 1. The molecule has 0 fully saturated rings. The van der Waals surface area contributed by atoms with E-state index in [4.69, 9.17) is 4.74 Å². The Morgan fingerprint density at radius 2 is 1.87 bits per heavy atom. The molecule has 2 heterocycles. The van der Waals surface area contributed by atoms with Crippen molar-refractivity contribution >= 4 is 15.7 Å². The van der Waals surface area contributed by atoms with Crippen molar-refractivity contribution in [3.05, 3.63) is 90.5 Å². The van der Waals surface area contributed by atoms with Gasteiger partial charge in [0, 0.05) is 29.7 Å². The Morgan fingerprint density at radius 3 is 2.58 bits per heavy atom. The van der Waals surface area contributed by atoms with Crippen LogP contribution in [0.2, 0.25) is 0 Å². The summed E-state index contributed by atoms with van der Waals surface area (Å²) in [5.41, 5.74) is 0.435. The Labute approximate surface area is 178 Å². The second-order valence-corrected chi connectivity index (χ2v) is 8.38. The predicted molar refractivity (Wildman–Crippen MR) is 113 cm³/mol. The van der Waals surface area contributed by atoms with Crippen LogP contribution in [0.5, 0.6) is 11.6 Å². The zero-order valence-corrected chi connectivity index (χ0v) is 17.3. The molecule has 0 radical (unpaired) electrons. The molecule has 1 N–H and O–H groups in total. The molecule has 0 atom stereocenters. The first-order chi connectivity index (χ1) is 14.9. The minimum absolute atomic E-state index is 0.0998. The number of imidazole rings is 1. The molecule has 8 nitrogen and oxygen atoms in total. The second kappa shape index (κ2) is 8.52. The molecule has 31 heavy (non-hydrogen) atoms. The van der Waals surface area contributed by atoms with Crippen LogP contribution in [-0.4, -0.2) is 27.9 Å². The van der Waals surface area contributed by atoms with Gasteiger partial charge in [-0.3, -0.25) is 9.29 Å². The van der Waals surface area contributed by atoms with E-state index < -0.39 is 21.6 Å². The van der Waals surface area contributed by atoms with Crippen LogP contribution in [0.1, 0.15) is 11.4 Å². The molecule has 0 bridgehead atoms. The molecule has 0 aliphatic rings. The smallest absolute Gasteiger partial charge is 0.237 e. The number of aryl methyl sites for hydroxylation is 1. The van der Waals surface area contributed by atoms with Crippen molar-refractivity contribution in [2.24, 2.45) is 0 Å². The normalized spacial score (nSPS) is 11.3. The fraction of sp³-hybridized carbons (Fsp3) is 0.0952. The summed E-state index contributed by atoms with van der Waals surface area (Å²) < 4.78 is 48.4. The number of sulfonamides is 1. The Morgan fingerprint density at radius 1 is 1.10 bits per heavy atom. The van der Waals surface area contributed by atoms with Crippen LogP contribution >= 0.6 is 0 Å². The molecule has 2 aromatic carbocycles. The zero-order chi connectivity index (χ0) is 21.8. The van der Waals surface area contributed by atoms with E-state index in [1.54, 1.807) is 66.6 Å². The summed E-state index contributed by atoms with van der Waals surface area (Å²) in [6, 6.07) is 13.8. The van der Waals surface area contributed by atoms with E-state index in [1.165, 1.54) is 18.2 Å². The summed E-state index contributed by atoms with van der Waals surface area (Å²) in [5.74, 6) is 0.911. The summed E-state index contributed by atoms with van der Waals surface area (Å²) in [6.07, 6.45) is 5.02. The first kappa shape index (κ1) is 20.5. The molecule has 0 aliphatic carbocycles. The Bertz CT molecular complexity index is 1290. The van der Waals surface area contributed by atoms with Crippen LogP contribution in [0, 0.1) is 12.7 Å². The van der Waals surface area contributed by atoms with Gasteiger partial charge in [0.25, 0.3) is 0 Å². The lowest BCUT2D eigenvalue weighted by Crippen LogP contribution is -2.15. The molecule has 0 amide bonds. The fourth-order valence-corrected chi connectivity index (χ4v) is 4.06. The monoisotopic (exact) mass is 439 g/mol. The molecule has 158 valence electrons. The molecule has 4 aromatic rings. The molecule has 0 spiro atoms. The minimum atomic E-state index is -3.78. The van der Waals surface area contributed by atoms with Gasteiger partial charge in [-0.15, -0.1) is 0 Å². The number of aromatic nitrogens is 4. The standard InChI is InChI=1S/C21H18FN5O3S/c1-15-24-20(27-11-10-23-14-27)12-21(25-15)30-18-8-6-17(7-9-18)26-31(28,29)13-16-4-2-3-5-19(16)22/h2-12,14,26H,13H2,1H3.